The van der Waals surface area contributed by atoms with Crippen LogP contribution in [0.2, 0.25) is 0 Å². The van der Waals surface area contributed by atoms with Crippen LogP contribution in [0.4, 0.5) is 0 Å². The predicted molar refractivity (Wildman–Crippen MR) is 97.2 cm³/mol. The first-order valence-electron chi connectivity index (χ1n) is 7.19. The van der Waals surface area contributed by atoms with Crippen molar-refractivity contribution in [2.75, 3.05) is 27.0 Å². The van der Waals surface area contributed by atoms with Gasteiger partial charge in [0, 0.05) is 20.3 Å². The number of amides is 1. The summed E-state index contributed by atoms with van der Waals surface area (Å²) in [5, 5.41) is 6.16. The van der Waals surface area contributed by atoms with Crippen molar-refractivity contribution in [1.29, 1.82) is 0 Å². The number of nitrogens with one attached hydrogen (secondary N) is 2. The third kappa shape index (κ3) is 10.8. The summed E-state index contributed by atoms with van der Waals surface area (Å²) in [6, 6.07) is 0.0611. The SMILES string of the molecule is CNC(CCSPP)C(=O)NC(C)CCCC(OC)OC. The number of hydrogen-bond donors (Lipinski definition) is 2. The first-order chi connectivity index (χ1) is 10.1. The highest BCUT2D eigenvalue weighted by molar-refractivity contribution is 8.64. The van der Waals surface area contributed by atoms with Gasteiger partial charge in [-0.2, -0.15) is 0 Å². The fraction of sp³-hybridized carbons (Fsp3) is 0.923. The van der Waals surface area contributed by atoms with Crippen LogP contribution in [0.1, 0.15) is 32.6 Å². The molecule has 0 radical (unpaired) electrons. The lowest BCUT2D eigenvalue weighted by Gasteiger charge is -2.20. The Hall–Kier alpha value is 0.560. The van der Waals surface area contributed by atoms with E-state index in [4.69, 9.17) is 9.47 Å². The molecule has 0 aromatic heterocycles. The second-order valence-corrected chi connectivity index (χ2v) is 9.46. The molecule has 1 amide bonds. The van der Waals surface area contributed by atoms with E-state index < -0.39 is 0 Å². The maximum absolute atomic E-state index is 12.2. The number of ether oxygens (including phenoxy) is 2. The van der Waals surface area contributed by atoms with Gasteiger partial charge in [0.2, 0.25) is 5.91 Å². The third-order valence-corrected chi connectivity index (χ3v) is 6.47. The van der Waals surface area contributed by atoms with Crippen molar-refractivity contribution in [1.82, 2.24) is 10.6 Å². The molecule has 0 rings (SSSR count). The van der Waals surface area contributed by atoms with E-state index >= 15 is 0 Å². The molecule has 0 aliphatic carbocycles. The summed E-state index contributed by atoms with van der Waals surface area (Å²) in [5.74, 6) is 1.09. The normalized spacial score (nSPS) is 14.8. The molecule has 0 aliphatic rings. The molecule has 5 nitrogen and oxygen atoms in total. The molecule has 0 heterocycles. The van der Waals surface area contributed by atoms with Gasteiger partial charge in [-0.15, -0.1) is 20.3 Å². The van der Waals surface area contributed by atoms with Crippen molar-refractivity contribution in [2.45, 2.75) is 51.0 Å². The minimum Gasteiger partial charge on any atom is -0.356 e. The van der Waals surface area contributed by atoms with Crippen molar-refractivity contribution in [2.24, 2.45) is 0 Å². The summed E-state index contributed by atoms with van der Waals surface area (Å²) < 4.78 is 10.3. The van der Waals surface area contributed by atoms with Gasteiger partial charge in [-0.05, 0) is 52.9 Å². The van der Waals surface area contributed by atoms with Crippen LogP contribution in [0.5, 0.6) is 0 Å². The highest BCUT2D eigenvalue weighted by Gasteiger charge is 2.18. The molecule has 0 spiro atoms. The maximum atomic E-state index is 12.2. The highest BCUT2D eigenvalue weighted by atomic mass is 32.9. The molecule has 2 N–H and O–H groups in total. The minimum atomic E-state index is -0.150. The van der Waals surface area contributed by atoms with Gasteiger partial charge < -0.3 is 20.1 Å². The Morgan fingerprint density at radius 2 is 1.95 bits per heavy atom. The Balaban J connectivity index is 3.94. The predicted octanol–water partition coefficient (Wildman–Crippen LogP) is 2.38. The van der Waals surface area contributed by atoms with Gasteiger partial charge in [0.1, 0.15) is 0 Å². The van der Waals surface area contributed by atoms with Gasteiger partial charge in [0.25, 0.3) is 0 Å². The molecule has 126 valence electrons. The zero-order chi connectivity index (χ0) is 16.1. The standard InChI is InChI=1S/C13H30N2O3P2S/c1-10(6-5-7-12(17-3)18-4)15-13(16)11(14-2)8-9-21-20-19/h10-12,14,20H,5-9,19H2,1-4H3,(H,15,16). The molecular formula is C13H30N2O3P2S. The van der Waals surface area contributed by atoms with Crippen LogP contribution in [-0.4, -0.2) is 51.3 Å². The van der Waals surface area contributed by atoms with E-state index in [1.165, 1.54) is 0 Å². The van der Waals surface area contributed by atoms with Crippen molar-refractivity contribution in [3.05, 3.63) is 0 Å². The van der Waals surface area contributed by atoms with E-state index in [1.807, 2.05) is 25.4 Å². The Morgan fingerprint density at radius 1 is 1.29 bits per heavy atom. The number of methoxy groups -OCH3 is 2. The first kappa shape index (κ1) is 21.6. The van der Waals surface area contributed by atoms with Crippen molar-refractivity contribution >= 4 is 33.7 Å². The molecule has 0 aliphatic heterocycles. The molecule has 21 heavy (non-hydrogen) atoms. The molecule has 0 aromatic rings. The van der Waals surface area contributed by atoms with E-state index in [0.717, 1.165) is 38.9 Å². The van der Waals surface area contributed by atoms with E-state index in [2.05, 4.69) is 19.6 Å². The molecule has 4 unspecified atom stereocenters. The lowest BCUT2D eigenvalue weighted by molar-refractivity contribution is -0.123. The largest absolute Gasteiger partial charge is 0.356 e. The van der Waals surface area contributed by atoms with Crippen LogP contribution >= 0.6 is 27.8 Å². The van der Waals surface area contributed by atoms with E-state index in [-0.39, 0.29) is 24.3 Å². The van der Waals surface area contributed by atoms with E-state index in [9.17, 15) is 4.79 Å². The maximum Gasteiger partial charge on any atom is 0.237 e. The average Bonchev–Trinajstić information content (AvgIpc) is 2.48. The van der Waals surface area contributed by atoms with Crippen LogP contribution < -0.4 is 10.6 Å². The van der Waals surface area contributed by atoms with Gasteiger partial charge in [-0.1, -0.05) is 0 Å². The van der Waals surface area contributed by atoms with E-state index in [1.54, 1.807) is 14.2 Å². The summed E-state index contributed by atoms with van der Waals surface area (Å²) >= 11 is 1.85. The zero-order valence-electron chi connectivity index (χ0n) is 13.5. The lowest BCUT2D eigenvalue weighted by Crippen LogP contribution is -2.46. The van der Waals surface area contributed by atoms with Crippen LogP contribution in [-0.2, 0) is 14.3 Å². The molecule has 0 fully saturated rings. The number of rotatable bonds is 13. The molecular weight excluding hydrogens is 326 g/mol. The fourth-order valence-electron chi connectivity index (χ4n) is 1.98. The van der Waals surface area contributed by atoms with Gasteiger partial charge in [0.15, 0.2) is 6.29 Å². The number of carbonyl (C=O) groups is 1. The molecule has 0 aromatic carbocycles. The first-order valence-corrected chi connectivity index (χ1v) is 11.7. The smallest absolute Gasteiger partial charge is 0.237 e. The second-order valence-electron chi connectivity index (χ2n) is 4.84. The van der Waals surface area contributed by atoms with Crippen molar-refractivity contribution in [3.63, 3.8) is 0 Å². The third-order valence-electron chi connectivity index (χ3n) is 3.25. The quantitative estimate of drug-likeness (QED) is 0.301. The van der Waals surface area contributed by atoms with Gasteiger partial charge in [-0.25, -0.2) is 0 Å². The van der Waals surface area contributed by atoms with Crippen LogP contribution in [0.3, 0.4) is 0 Å². The van der Waals surface area contributed by atoms with Gasteiger partial charge >= 0.3 is 0 Å². The zero-order valence-corrected chi connectivity index (χ0v) is 16.4. The van der Waals surface area contributed by atoms with Crippen molar-refractivity contribution in [3.8, 4) is 0 Å². The minimum absolute atomic E-state index is 0.0905. The van der Waals surface area contributed by atoms with E-state index in [0.29, 0.717) is 0 Å². The van der Waals surface area contributed by atoms with Gasteiger partial charge in [0.05, 0.1) is 6.04 Å². The summed E-state index contributed by atoms with van der Waals surface area (Å²) in [4.78, 5) is 12.2. The summed E-state index contributed by atoms with van der Waals surface area (Å²) in [7, 11) is 8.63. The molecule has 0 saturated heterocycles. The van der Waals surface area contributed by atoms with Crippen LogP contribution in [0.15, 0.2) is 0 Å². The Morgan fingerprint density at radius 3 is 2.48 bits per heavy atom. The Labute approximate surface area is 137 Å². The summed E-state index contributed by atoms with van der Waals surface area (Å²) in [6.07, 6.45) is 3.43. The van der Waals surface area contributed by atoms with Crippen LogP contribution in [0.25, 0.3) is 0 Å². The highest BCUT2D eigenvalue weighted by Crippen LogP contribution is 2.36. The summed E-state index contributed by atoms with van der Waals surface area (Å²) in [5.41, 5.74) is 0. The lowest BCUT2D eigenvalue weighted by atomic mass is 10.1. The van der Waals surface area contributed by atoms with Crippen LogP contribution in [0, 0.1) is 0 Å². The number of likely N-dealkylation sites (N-methyl/N-ethyl adjacent to an activating group) is 1. The number of carbonyl (C=O) groups excluding carboxylic acids is 1. The average molecular weight is 356 g/mol. The Kier molecular flexibility index (Phi) is 14.5. The monoisotopic (exact) mass is 356 g/mol. The molecule has 0 bridgehead atoms. The Bertz CT molecular complexity index is 272. The topological polar surface area (TPSA) is 59.6 Å². The second kappa shape index (κ2) is 14.2. The number of hydrogen-bond acceptors (Lipinski definition) is 5. The van der Waals surface area contributed by atoms with Crippen molar-refractivity contribution < 1.29 is 14.3 Å². The molecule has 4 atom stereocenters. The molecule has 0 saturated carbocycles. The molecule has 8 heteroatoms. The van der Waals surface area contributed by atoms with Gasteiger partial charge in [-0.3, -0.25) is 4.79 Å². The fourth-order valence-corrected chi connectivity index (χ4v) is 4.22. The summed E-state index contributed by atoms with van der Waals surface area (Å²) in [6.45, 7) is 2.04.